The fourth-order valence-electron chi connectivity index (χ4n) is 7.21. The topological polar surface area (TPSA) is 93.7 Å². The summed E-state index contributed by atoms with van der Waals surface area (Å²) in [5, 5.41) is 3.85. The number of anilines is 3. The van der Waals surface area contributed by atoms with Crippen LogP contribution in [0.3, 0.4) is 0 Å². The molecule has 0 amide bonds. The lowest BCUT2D eigenvalue weighted by Crippen LogP contribution is -2.46. The molecule has 2 heterocycles. The fourth-order valence-corrected chi connectivity index (χ4v) is 9.51. The molecule has 2 N–H and O–H groups in total. The van der Waals surface area contributed by atoms with Crippen LogP contribution in [-0.4, -0.2) is 86.8 Å². The molecule has 314 valence electrons. The summed E-state index contributed by atoms with van der Waals surface area (Å²) < 4.78 is 89.4. The van der Waals surface area contributed by atoms with Crippen molar-refractivity contribution in [3.8, 4) is 11.1 Å². The van der Waals surface area contributed by atoms with E-state index in [1.54, 1.807) is 12.1 Å². The number of nitrogens with one attached hydrogen (secondary N) is 2. The summed E-state index contributed by atoms with van der Waals surface area (Å²) in [5.41, 5.74) is 2.43. The number of piperazine rings is 1. The van der Waals surface area contributed by atoms with Gasteiger partial charge in [-0.3, -0.25) is 9.62 Å². The molecule has 1 saturated heterocycles. The van der Waals surface area contributed by atoms with Crippen LogP contribution >= 0.6 is 23.4 Å². The SMILES string of the molecule is CN(C)CCC(CSc1ccccc1)Nc1ccc(S(=O)(=O)Nc2ncnc3cc(N4CCN(Cc5cc(Cl)ccc5-c5ccccc5)CC4)ccc23)c(F)c1C(F)(F)F. The maximum absolute atomic E-state index is 16.0. The van der Waals surface area contributed by atoms with Crippen LogP contribution in [0.25, 0.3) is 22.0 Å². The Labute approximate surface area is 356 Å². The Kier molecular flexibility index (Phi) is 13.5. The Hall–Kier alpha value is -4.93. The Morgan fingerprint density at radius 2 is 1.60 bits per heavy atom. The third-order valence-electron chi connectivity index (χ3n) is 10.3. The van der Waals surface area contributed by atoms with E-state index in [9.17, 15) is 21.6 Å². The van der Waals surface area contributed by atoms with Crippen LogP contribution in [0.2, 0.25) is 5.02 Å². The summed E-state index contributed by atoms with van der Waals surface area (Å²) in [4.78, 5) is 14.7. The second-order valence-corrected chi connectivity index (χ2v) is 18.0. The van der Waals surface area contributed by atoms with E-state index in [1.807, 2.05) is 85.7 Å². The summed E-state index contributed by atoms with van der Waals surface area (Å²) in [6.07, 6.45) is -3.60. The highest BCUT2D eigenvalue weighted by atomic mass is 35.5. The third kappa shape index (κ3) is 10.5. The zero-order valence-corrected chi connectivity index (χ0v) is 35.4. The number of rotatable bonds is 15. The third-order valence-corrected chi connectivity index (χ3v) is 13.1. The quantitative estimate of drug-likeness (QED) is 0.0773. The molecular formula is C44H44ClF4N7O2S2. The summed E-state index contributed by atoms with van der Waals surface area (Å²) in [6.45, 7) is 4.26. The Balaban J connectivity index is 1.06. The largest absolute Gasteiger partial charge is 0.421 e. The standard InChI is InChI=1S/C44H44ClF4N7O2S2/c1-54(2)20-19-33(28-59-35-11-7-4-8-12-35)52-38-17-18-40(42(46)41(38)44(47,48)49)60(57,58)53-43-37-16-14-34(26-39(37)50-29-51-43)56-23-21-55(22-24-56)27-31-25-32(45)13-15-36(31)30-9-5-3-6-10-30/h3-18,25-26,29,33,52H,19-24,27-28H2,1-2H3,(H,50,51,53). The lowest BCUT2D eigenvalue weighted by atomic mass is 9.99. The van der Waals surface area contributed by atoms with Gasteiger partial charge in [0, 0.05) is 71.2 Å². The molecule has 1 fully saturated rings. The first-order chi connectivity index (χ1) is 28.7. The second-order valence-electron chi connectivity index (χ2n) is 14.8. The van der Waals surface area contributed by atoms with Gasteiger partial charge in [0.25, 0.3) is 10.0 Å². The number of thioether (sulfide) groups is 1. The zero-order chi connectivity index (χ0) is 42.4. The average Bonchev–Trinajstić information content (AvgIpc) is 3.22. The molecule has 0 radical (unpaired) electrons. The predicted molar refractivity (Wildman–Crippen MR) is 234 cm³/mol. The highest BCUT2D eigenvalue weighted by Crippen LogP contribution is 2.40. The number of hydrogen-bond donors (Lipinski definition) is 2. The molecule has 7 rings (SSSR count). The number of hydrogen-bond acceptors (Lipinski definition) is 9. The van der Waals surface area contributed by atoms with Gasteiger partial charge in [-0.1, -0.05) is 66.2 Å². The van der Waals surface area contributed by atoms with Gasteiger partial charge in [0.1, 0.15) is 16.8 Å². The van der Waals surface area contributed by atoms with Gasteiger partial charge in [0.15, 0.2) is 11.6 Å². The molecule has 0 bridgehead atoms. The molecule has 1 aromatic heterocycles. The summed E-state index contributed by atoms with van der Waals surface area (Å²) in [7, 11) is -1.20. The Bertz CT molecular complexity index is 2530. The van der Waals surface area contributed by atoms with Gasteiger partial charge in [-0.05, 0) is 98.3 Å². The van der Waals surface area contributed by atoms with E-state index in [0.717, 1.165) is 65.4 Å². The minimum absolute atomic E-state index is 0.191. The van der Waals surface area contributed by atoms with Crippen LogP contribution in [0, 0.1) is 5.82 Å². The van der Waals surface area contributed by atoms with E-state index in [2.05, 4.69) is 48.0 Å². The van der Waals surface area contributed by atoms with Crippen molar-refractivity contribution < 1.29 is 26.0 Å². The van der Waals surface area contributed by atoms with Gasteiger partial charge >= 0.3 is 6.18 Å². The maximum Gasteiger partial charge on any atom is 0.421 e. The number of fused-ring (bicyclic) bond motifs is 1. The number of alkyl halides is 3. The molecule has 0 saturated carbocycles. The van der Waals surface area contributed by atoms with Crippen LogP contribution in [0.1, 0.15) is 17.5 Å². The maximum atomic E-state index is 16.0. The molecule has 5 aromatic carbocycles. The molecule has 6 aromatic rings. The van der Waals surface area contributed by atoms with E-state index in [4.69, 9.17) is 11.6 Å². The normalized spacial score (nSPS) is 14.4. The predicted octanol–water partition coefficient (Wildman–Crippen LogP) is 9.76. The van der Waals surface area contributed by atoms with Gasteiger partial charge in [0.05, 0.1) is 5.52 Å². The highest BCUT2D eigenvalue weighted by molar-refractivity contribution is 7.99. The molecule has 1 unspecified atom stereocenters. The van der Waals surface area contributed by atoms with Crippen molar-refractivity contribution in [2.24, 2.45) is 0 Å². The van der Waals surface area contributed by atoms with Gasteiger partial charge < -0.3 is 15.1 Å². The molecule has 60 heavy (non-hydrogen) atoms. The van der Waals surface area contributed by atoms with Crippen molar-refractivity contribution in [2.75, 3.05) is 67.5 Å². The number of benzene rings is 5. The minimum Gasteiger partial charge on any atom is -0.381 e. The van der Waals surface area contributed by atoms with Crippen LogP contribution in [0.5, 0.6) is 0 Å². The smallest absolute Gasteiger partial charge is 0.381 e. The van der Waals surface area contributed by atoms with E-state index in [0.29, 0.717) is 47.7 Å². The van der Waals surface area contributed by atoms with Crippen molar-refractivity contribution in [1.82, 2.24) is 19.8 Å². The molecule has 16 heteroatoms. The first-order valence-electron chi connectivity index (χ1n) is 19.3. The van der Waals surface area contributed by atoms with Crippen LogP contribution < -0.4 is 14.9 Å². The van der Waals surface area contributed by atoms with Crippen LogP contribution in [0.15, 0.2) is 125 Å². The summed E-state index contributed by atoms with van der Waals surface area (Å²) in [6, 6.07) is 32.1. The molecular weight excluding hydrogens is 834 g/mol. The molecule has 0 spiro atoms. The van der Waals surface area contributed by atoms with Crippen molar-refractivity contribution in [3.05, 3.63) is 137 Å². The van der Waals surface area contributed by atoms with Crippen molar-refractivity contribution in [1.29, 1.82) is 0 Å². The monoisotopic (exact) mass is 877 g/mol. The summed E-state index contributed by atoms with van der Waals surface area (Å²) in [5.74, 6) is -1.71. The number of aromatic nitrogens is 2. The van der Waals surface area contributed by atoms with E-state index >= 15 is 4.39 Å². The molecule has 1 atom stereocenters. The van der Waals surface area contributed by atoms with E-state index in [-0.39, 0.29) is 5.82 Å². The first kappa shape index (κ1) is 43.2. The van der Waals surface area contributed by atoms with E-state index in [1.165, 1.54) is 11.8 Å². The zero-order valence-electron chi connectivity index (χ0n) is 33.0. The molecule has 1 aliphatic heterocycles. The first-order valence-corrected chi connectivity index (χ1v) is 22.2. The van der Waals surface area contributed by atoms with E-state index < -0.39 is 44.2 Å². The minimum atomic E-state index is -5.21. The fraction of sp³-hybridized carbons (Fsp3) is 0.273. The second kappa shape index (κ2) is 18.8. The summed E-state index contributed by atoms with van der Waals surface area (Å²) >= 11 is 7.86. The van der Waals surface area contributed by atoms with Crippen LogP contribution in [0.4, 0.5) is 34.8 Å². The average molecular weight is 878 g/mol. The van der Waals surface area contributed by atoms with Crippen LogP contribution in [-0.2, 0) is 22.7 Å². The van der Waals surface area contributed by atoms with Gasteiger partial charge in [-0.2, -0.15) is 13.2 Å². The van der Waals surface area contributed by atoms with Gasteiger partial charge in [0.2, 0.25) is 0 Å². The van der Waals surface area contributed by atoms with Gasteiger partial charge in [-0.25, -0.2) is 22.8 Å². The Morgan fingerprint density at radius 3 is 2.30 bits per heavy atom. The molecule has 0 aliphatic carbocycles. The highest BCUT2D eigenvalue weighted by Gasteiger charge is 2.40. The number of halogens is 5. The van der Waals surface area contributed by atoms with Crippen molar-refractivity contribution >= 4 is 61.5 Å². The molecule has 1 aliphatic rings. The van der Waals surface area contributed by atoms with Crippen molar-refractivity contribution in [2.45, 2.75) is 35.0 Å². The molecule has 9 nitrogen and oxygen atoms in total. The lowest BCUT2D eigenvalue weighted by Gasteiger charge is -2.36. The number of nitrogens with zero attached hydrogens (tertiary/aromatic N) is 5. The van der Waals surface area contributed by atoms with Gasteiger partial charge in [-0.15, -0.1) is 11.8 Å². The lowest BCUT2D eigenvalue weighted by molar-refractivity contribution is -0.139. The van der Waals surface area contributed by atoms with Crippen molar-refractivity contribution in [3.63, 3.8) is 0 Å². The number of sulfonamides is 1. The Morgan fingerprint density at radius 1 is 0.883 bits per heavy atom.